The minimum absolute atomic E-state index is 0.0924. The molecule has 41 heavy (non-hydrogen) atoms. The topological polar surface area (TPSA) is 91.9 Å². The first-order chi connectivity index (χ1) is 19.4. The number of alkyl halides is 3. The molecule has 3 heterocycles. The summed E-state index contributed by atoms with van der Waals surface area (Å²) in [6, 6.07) is 7.67. The summed E-state index contributed by atoms with van der Waals surface area (Å²) in [4.78, 5) is 44.4. The Hall–Kier alpha value is -2.26. The molecule has 2 aliphatic rings. The van der Waals surface area contributed by atoms with Crippen LogP contribution in [0, 0.1) is 3.57 Å². The van der Waals surface area contributed by atoms with E-state index in [4.69, 9.17) is 44.3 Å². The molecule has 2 aliphatic heterocycles. The Morgan fingerprint density at radius 3 is 2.54 bits per heavy atom. The molecule has 8 nitrogen and oxygen atoms in total. The number of aromatic amines is 1. The number of aromatic nitrogens is 1. The Kier molecular flexibility index (Phi) is 8.68. The van der Waals surface area contributed by atoms with E-state index in [1.165, 1.54) is 16.9 Å². The van der Waals surface area contributed by atoms with E-state index in [0.29, 0.717) is 34.6 Å². The maximum Gasteiger partial charge on any atom is 0.414 e. The first-order valence-electron chi connectivity index (χ1n) is 12.0. The fourth-order valence-electron chi connectivity index (χ4n) is 4.55. The van der Waals surface area contributed by atoms with Gasteiger partial charge in [-0.2, -0.15) is 8.78 Å². The number of ether oxygens (including phenoxy) is 2. The molecule has 0 aliphatic carbocycles. The van der Waals surface area contributed by atoms with Gasteiger partial charge >= 0.3 is 11.5 Å². The van der Waals surface area contributed by atoms with Gasteiger partial charge in [-0.25, -0.2) is 4.79 Å². The number of cyclic esters (lactones) is 1. The molecule has 1 fully saturated rings. The number of halogens is 6. The number of carbonyl (C=O) groups excluding carboxylic acids is 2. The van der Waals surface area contributed by atoms with Gasteiger partial charge in [-0.3, -0.25) is 14.5 Å². The number of hydrogen-bond donors (Lipinski definition) is 1. The summed E-state index contributed by atoms with van der Waals surface area (Å²) < 4.78 is 39.4. The zero-order chi connectivity index (χ0) is 29.6. The molecule has 2 aromatic carbocycles. The lowest BCUT2D eigenvalue weighted by Gasteiger charge is -2.28. The van der Waals surface area contributed by atoms with Crippen molar-refractivity contribution in [3.05, 3.63) is 76.7 Å². The third kappa shape index (κ3) is 5.99. The average molecular weight is 757 g/mol. The molecule has 1 saturated heterocycles. The number of H-pyrrole nitrogens is 1. The van der Waals surface area contributed by atoms with Crippen LogP contribution in [-0.2, 0) is 23.2 Å². The van der Waals surface area contributed by atoms with Crippen LogP contribution in [0.25, 0.3) is 0 Å². The van der Waals surface area contributed by atoms with Crippen molar-refractivity contribution in [3.63, 3.8) is 0 Å². The molecule has 0 spiro atoms. The quantitative estimate of drug-likeness (QED) is 0.162. The molecule has 0 unspecified atom stereocenters. The van der Waals surface area contributed by atoms with Crippen LogP contribution < -0.4 is 15.2 Å². The van der Waals surface area contributed by atoms with Crippen LogP contribution in [0.1, 0.15) is 33.6 Å². The van der Waals surface area contributed by atoms with Gasteiger partial charge in [0.2, 0.25) is 0 Å². The number of anilines is 1. The molecule has 1 N–H and O–H groups in total. The van der Waals surface area contributed by atoms with Crippen molar-refractivity contribution in [1.82, 2.24) is 9.88 Å². The van der Waals surface area contributed by atoms with Crippen molar-refractivity contribution in [1.29, 1.82) is 0 Å². The number of pyridine rings is 1. The van der Waals surface area contributed by atoms with E-state index in [0.717, 1.165) is 29.0 Å². The van der Waals surface area contributed by atoms with E-state index >= 15 is 0 Å². The van der Waals surface area contributed by atoms with Crippen LogP contribution in [0.3, 0.4) is 0 Å². The van der Waals surface area contributed by atoms with E-state index in [1.807, 2.05) is 27.6 Å². The van der Waals surface area contributed by atoms with Crippen molar-refractivity contribution in [2.24, 2.45) is 0 Å². The molecule has 1 aromatic heterocycles. The zero-order valence-electron chi connectivity index (χ0n) is 21.0. The lowest BCUT2D eigenvalue weighted by Crippen LogP contribution is -2.38. The van der Waals surface area contributed by atoms with Gasteiger partial charge in [0.05, 0.1) is 34.3 Å². The van der Waals surface area contributed by atoms with Crippen LogP contribution in [0.5, 0.6) is 5.75 Å². The minimum Gasteiger partial charge on any atom is -0.495 e. The van der Waals surface area contributed by atoms with Gasteiger partial charge in [0.1, 0.15) is 17.0 Å². The molecule has 216 valence electrons. The number of nitrogens with one attached hydrogen (secondary N) is 1. The highest BCUT2D eigenvalue weighted by Gasteiger charge is 2.35. The highest BCUT2D eigenvalue weighted by atomic mass is 127. The predicted octanol–water partition coefficient (Wildman–Crippen LogP) is 7.24. The molecule has 2 amide bonds. The smallest absolute Gasteiger partial charge is 0.414 e. The minimum atomic E-state index is -3.90. The van der Waals surface area contributed by atoms with E-state index < -0.39 is 28.6 Å². The first-order valence-corrected chi connectivity index (χ1v) is 15.0. The Labute approximate surface area is 265 Å². The Morgan fingerprint density at radius 1 is 1.17 bits per heavy atom. The number of methoxy groups -OCH3 is 1. The molecular weight excluding hydrogens is 738 g/mol. The monoisotopic (exact) mass is 755 g/mol. The number of carbonyl (C=O) groups is 2. The average Bonchev–Trinajstić information content (AvgIpc) is 3.35. The first kappa shape index (κ1) is 30.2. The van der Waals surface area contributed by atoms with Crippen molar-refractivity contribution >= 4 is 86.8 Å². The highest BCUT2D eigenvalue weighted by Crippen LogP contribution is 2.44. The summed E-state index contributed by atoms with van der Waals surface area (Å²) in [5.41, 5.74) is -0.332. The van der Waals surface area contributed by atoms with Gasteiger partial charge in [-0.15, -0.1) is 0 Å². The number of nitrogens with zero attached hydrogens (tertiary/aromatic N) is 2. The maximum atomic E-state index is 14.1. The fraction of sp³-hybridized carbons (Fsp3) is 0.269. The van der Waals surface area contributed by atoms with Crippen molar-refractivity contribution in [2.45, 2.75) is 34.7 Å². The molecule has 5 rings (SSSR count). The van der Waals surface area contributed by atoms with Crippen LogP contribution in [0.2, 0.25) is 10.0 Å². The van der Waals surface area contributed by atoms with Crippen molar-refractivity contribution in [2.75, 3.05) is 25.2 Å². The number of fused-ring (bicyclic) bond motifs is 1. The van der Waals surface area contributed by atoms with Gasteiger partial charge < -0.3 is 19.4 Å². The number of amides is 2. The number of hydrogen-bond acceptors (Lipinski definition) is 6. The van der Waals surface area contributed by atoms with Gasteiger partial charge in [0.25, 0.3) is 11.5 Å². The maximum absolute atomic E-state index is 14.1. The summed E-state index contributed by atoms with van der Waals surface area (Å²) in [5.74, 6) is -0.284. The highest BCUT2D eigenvalue weighted by molar-refractivity contribution is 14.1. The molecule has 0 radical (unpaired) electrons. The van der Waals surface area contributed by atoms with E-state index in [1.54, 1.807) is 24.3 Å². The van der Waals surface area contributed by atoms with Gasteiger partial charge in [-0.05, 0) is 82.1 Å². The van der Waals surface area contributed by atoms with Crippen LogP contribution >= 0.6 is 69.2 Å². The van der Waals surface area contributed by atoms with Gasteiger partial charge in [0.15, 0.2) is 0 Å². The van der Waals surface area contributed by atoms with Crippen LogP contribution in [0.4, 0.5) is 19.3 Å². The Balaban J connectivity index is 1.53. The van der Waals surface area contributed by atoms with Crippen molar-refractivity contribution < 1.29 is 27.8 Å². The largest absolute Gasteiger partial charge is 0.495 e. The van der Waals surface area contributed by atoms with E-state index in [-0.39, 0.29) is 38.5 Å². The number of benzene rings is 2. The lowest BCUT2D eigenvalue weighted by atomic mass is 10.1. The SMILES string of the molecule is COc1cc2c(cc1N1CCCOC1=O)CN(C(=O)c1c(Sc3c(Cl)ccc(I)c3Cl)cc(C(F)(F)Cl)[nH]c1=O)C2. The Morgan fingerprint density at radius 2 is 1.88 bits per heavy atom. The summed E-state index contributed by atoms with van der Waals surface area (Å²) in [7, 11) is 1.47. The third-order valence-corrected chi connectivity index (χ3v) is 10.0. The molecule has 15 heteroatoms. The van der Waals surface area contributed by atoms with Gasteiger partial charge in [-0.1, -0.05) is 35.0 Å². The standard InChI is InChI=1S/C26H19Cl3F2IN3O5S/c1-39-17-8-13-11-34(10-12(13)7-16(17)35-5-2-6-40-25(35)38)24(37)20-18(9-19(26(29,30)31)33-23(20)36)41-22-14(27)3-4-15(32)21(22)28/h3-4,7-9H,2,5-6,10-11H2,1H3,(H,33,36). The van der Waals surface area contributed by atoms with E-state index in [2.05, 4.69) is 0 Å². The third-order valence-electron chi connectivity index (χ3n) is 6.50. The van der Waals surface area contributed by atoms with Crippen LogP contribution in [-0.4, -0.2) is 42.1 Å². The van der Waals surface area contributed by atoms with E-state index in [9.17, 15) is 23.2 Å². The second-order valence-corrected chi connectivity index (χ2v) is 12.6. The van der Waals surface area contributed by atoms with Gasteiger partial charge in [0, 0.05) is 28.1 Å². The number of rotatable bonds is 6. The normalized spacial score (nSPS) is 15.1. The fourth-order valence-corrected chi connectivity index (χ4v) is 6.93. The lowest BCUT2D eigenvalue weighted by molar-refractivity contribution is 0.0740. The summed E-state index contributed by atoms with van der Waals surface area (Å²) in [5, 5.41) is -3.45. The summed E-state index contributed by atoms with van der Waals surface area (Å²) in [6.45, 7) is 0.965. The molecule has 3 aromatic rings. The summed E-state index contributed by atoms with van der Waals surface area (Å²) in [6.07, 6.45) is 0.142. The van der Waals surface area contributed by atoms with Crippen LogP contribution in [0.15, 0.2) is 44.9 Å². The molecular formula is C26H19Cl3F2IN3O5S. The second kappa shape index (κ2) is 11.8. The second-order valence-electron chi connectivity index (χ2n) is 9.10. The summed E-state index contributed by atoms with van der Waals surface area (Å²) >= 11 is 20.8. The predicted molar refractivity (Wildman–Crippen MR) is 160 cm³/mol. The molecule has 0 bridgehead atoms. The molecule has 0 atom stereocenters. The zero-order valence-corrected chi connectivity index (χ0v) is 26.3. The Bertz CT molecular complexity index is 1640. The van der Waals surface area contributed by atoms with Crippen molar-refractivity contribution in [3.8, 4) is 5.75 Å². The molecule has 0 saturated carbocycles.